The monoisotopic (exact) mass is 236 g/mol. The van der Waals surface area contributed by atoms with Crippen LogP contribution in [-0.4, -0.2) is 31.9 Å². The van der Waals surface area contributed by atoms with Gasteiger partial charge in [-0.25, -0.2) is 0 Å². The van der Waals surface area contributed by atoms with Gasteiger partial charge in [-0.3, -0.25) is 0 Å². The first kappa shape index (κ1) is 11.8. The van der Waals surface area contributed by atoms with Gasteiger partial charge in [0.05, 0.1) is 5.69 Å². The molecule has 0 saturated carbocycles. The van der Waals surface area contributed by atoms with E-state index in [9.17, 15) is 0 Å². The number of aryl methyl sites for hydroxylation is 1. The first-order valence-electron chi connectivity index (χ1n) is 5.79. The predicted molar refractivity (Wildman–Crippen MR) is 72.6 cm³/mol. The number of anilines is 1. The van der Waals surface area contributed by atoms with E-state index < -0.39 is 0 Å². The first-order chi connectivity index (χ1) is 7.65. The van der Waals surface area contributed by atoms with Crippen molar-refractivity contribution in [1.82, 2.24) is 5.32 Å². The fraction of sp³-hybridized carbons (Fsp3) is 0.538. The summed E-state index contributed by atoms with van der Waals surface area (Å²) < 4.78 is 0. The molecule has 2 atom stereocenters. The second kappa shape index (κ2) is 4.68. The molecule has 2 nitrogen and oxygen atoms in total. The van der Waals surface area contributed by atoms with Gasteiger partial charge in [0.1, 0.15) is 0 Å². The van der Waals surface area contributed by atoms with E-state index >= 15 is 0 Å². The zero-order chi connectivity index (χ0) is 11.7. The van der Waals surface area contributed by atoms with Gasteiger partial charge in [-0.2, -0.15) is 0 Å². The summed E-state index contributed by atoms with van der Waals surface area (Å²) in [5.41, 5.74) is 2.79. The van der Waals surface area contributed by atoms with E-state index in [1.807, 2.05) is 18.8 Å². The smallest absolute Gasteiger partial charge is 0.0534 e. The van der Waals surface area contributed by atoms with Gasteiger partial charge < -0.3 is 10.2 Å². The largest absolute Gasteiger partial charge is 0.370 e. The van der Waals surface area contributed by atoms with Crippen LogP contribution in [0.5, 0.6) is 0 Å². The Morgan fingerprint density at radius 2 is 2.19 bits per heavy atom. The van der Waals surface area contributed by atoms with Crippen molar-refractivity contribution in [2.24, 2.45) is 0 Å². The summed E-state index contributed by atoms with van der Waals surface area (Å²) in [7, 11) is 4.23. The van der Waals surface area contributed by atoms with Crippen LogP contribution in [0.15, 0.2) is 23.1 Å². The molecule has 0 saturated heterocycles. The Labute approximate surface area is 102 Å². The summed E-state index contributed by atoms with van der Waals surface area (Å²) in [6, 6.07) is 7.16. The lowest BCUT2D eigenvalue weighted by Gasteiger charge is -2.40. The maximum atomic E-state index is 3.29. The van der Waals surface area contributed by atoms with Crippen molar-refractivity contribution >= 4 is 17.4 Å². The normalized spacial score (nSPS) is 24.4. The molecule has 1 aromatic carbocycles. The molecule has 0 bridgehead atoms. The number of nitrogens with zero attached hydrogens (tertiary/aromatic N) is 1. The summed E-state index contributed by atoms with van der Waals surface area (Å²) in [5, 5.41) is 3.92. The number of nitrogens with one attached hydrogen (secondary N) is 1. The number of hydrogen-bond donors (Lipinski definition) is 1. The minimum Gasteiger partial charge on any atom is -0.370 e. The molecule has 3 heteroatoms. The third-order valence-corrected chi connectivity index (χ3v) is 4.83. The van der Waals surface area contributed by atoms with Crippen LogP contribution in [0.4, 0.5) is 5.69 Å². The maximum absolute atomic E-state index is 3.29. The zero-order valence-electron chi connectivity index (χ0n) is 10.4. The molecular formula is C13H20N2S. The van der Waals surface area contributed by atoms with E-state index in [0.717, 1.165) is 6.54 Å². The van der Waals surface area contributed by atoms with E-state index in [2.05, 4.69) is 49.3 Å². The van der Waals surface area contributed by atoms with E-state index in [0.29, 0.717) is 11.3 Å². The third-order valence-electron chi connectivity index (χ3n) is 3.39. The molecular weight excluding hydrogens is 216 g/mol. The number of hydrogen-bond acceptors (Lipinski definition) is 3. The Bertz CT molecular complexity index is 378. The van der Waals surface area contributed by atoms with Crippen molar-refractivity contribution in [2.45, 2.75) is 30.0 Å². The zero-order valence-corrected chi connectivity index (χ0v) is 11.3. The van der Waals surface area contributed by atoms with E-state index in [-0.39, 0.29) is 0 Å². The molecule has 1 N–H and O–H groups in total. The second-order valence-corrected chi connectivity index (χ2v) is 5.77. The summed E-state index contributed by atoms with van der Waals surface area (Å²) in [4.78, 5) is 3.84. The Morgan fingerprint density at radius 3 is 2.88 bits per heavy atom. The molecule has 1 aliphatic rings. The van der Waals surface area contributed by atoms with E-state index in [1.54, 1.807) is 0 Å². The second-order valence-electron chi connectivity index (χ2n) is 4.49. The highest BCUT2D eigenvalue weighted by Crippen LogP contribution is 2.42. The molecule has 88 valence electrons. The van der Waals surface area contributed by atoms with Gasteiger partial charge >= 0.3 is 0 Å². The molecule has 0 aliphatic carbocycles. The van der Waals surface area contributed by atoms with Crippen LogP contribution in [0.1, 0.15) is 12.5 Å². The molecule has 1 heterocycles. The highest BCUT2D eigenvalue weighted by Gasteiger charge is 2.29. The lowest BCUT2D eigenvalue weighted by molar-refractivity contribution is 0.602. The summed E-state index contributed by atoms with van der Waals surface area (Å²) in [5.74, 6) is 0. The van der Waals surface area contributed by atoms with Crippen LogP contribution >= 0.6 is 11.8 Å². The van der Waals surface area contributed by atoms with Crippen molar-refractivity contribution in [3.63, 3.8) is 0 Å². The molecule has 1 aromatic rings. The van der Waals surface area contributed by atoms with Crippen molar-refractivity contribution in [1.29, 1.82) is 0 Å². The van der Waals surface area contributed by atoms with Crippen LogP contribution in [-0.2, 0) is 0 Å². The van der Waals surface area contributed by atoms with Gasteiger partial charge in [-0.1, -0.05) is 12.1 Å². The van der Waals surface area contributed by atoms with Crippen LogP contribution < -0.4 is 10.2 Å². The van der Waals surface area contributed by atoms with Crippen molar-refractivity contribution in [2.75, 3.05) is 25.5 Å². The van der Waals surface area contributed by atoms with Gasteiger partial charge in [0, 0.05) is 29.8 Å². The van der Waals surface area contributed by atoms with E-state index in [1.165, 1.54) is 16.1 Å². The quantitative estimate of drug-likeness (QED) is 0.849. The van der Waals surface area contributed by atoms with Crippen LogP contribution in [0.2, 0.25) is 0 Å². The maximum Gasteiger partial charge on any atom is 0.0534 e. The highest BCUT2D eigenvalue weighted by atomic mass is 32.2. The van der Waals surface area contributed by atoms with Crippen LogP contribution in [0, 0.1) is 6.92 Å². The molecule has 0 fully saturated rings. The van der Waals surface area contributed by atoms with Crippen molar-refractivity contribution in [3.8, 4) is 0 Å². The predicted octanol–water partition coefficient (Wildman–Crippen LogP) is 2.51. The van der Waals surface area contributed by atoms with Crippen molar-refractivity contribution in [3.05, 3.63) is 23.8 Å². The summed E-state index contributed by atoms with van der Waals surface area (Å²) >= 11 is 2.00. The van der Waals surface area contributed by atoms with Gasteiger partial charge in [-0.05, 0) is 32.5 Å². The number of rotatable bonds is 2. The topological polar surface area (TPSA) is 15.3 Å². The summed E-state index contributed by atoms with van der Waals surface area (Å²) in [6.45, 7) is 5.56. The molecule has 2 unspecified atom stereocenters. The Balaban J connectivity index is 2.36. The molecule has 0 aromatic heterocycles. The summed E-state index contributed by atoms with van der Waals surface area (Å²) in [6.07, 6.45) is 0. The minimum atomic E-state index is 0.575. The third kappa shape index (κ3) is 1.94. The van der Waals surface area contributed by atoms with Gasteiger partial charge in [0.15, 0.2) is 0 Å². The highest BCUT2D eigenvalue weighted by molar-refractivity contribution is 8.00. The average Bonchev–Trinajstić information content (AvgIpc) is 2.25. The Morgan fingerprint density at radius 1 is 1.44 bits per heavy atom. The molecule has 16 heavy (non-hydrogen) atoms. The van der Waals surface area contributed by atoms with E-state index in [4.69, 9.17) is 0 Å². The average molecular weight is 236 g/mol. The first-order valence-corrected chi connectivity index (χ1v) is 6.67. The lowest BCUT2D eigenvalue weighted by atomic mass is 10.1. The molecule has 1 aliphatic heterocycles. The van der Waals surface area contributed by atoms with Crippen LogP contribution in [0.3, 0.4) is 0 Å². The minimum absolute atomic E-state index is 0.575. The molecule has 0 radical (unpaired) electrons. The van der Waals surface area contributed by atoms with Crippen molar-refractivity contribution < 1.29 is 0 Å². The molecule has 2 rings (SSSR count). The number of fused-ring (bicyclic) bond motifs is 1. The van der Waals surface area contributed by atoms with Gasteiger partial charge in [0.25, 0.3) is 0 Å². The fourth-order valence-corrected chi connectivity index (χ4v) is 3.84. The fourth-order valence-electron chi connectivity index (χ4n) is 2.31. The van der Waals surface area contributed by atoms with Gasteiger partial charge in [-0.15, -0.1) is 11.8 Å². The number of benzene rings is 1. The number of para-hydroxylation sites is 1. The number of thioether (sulfide) groups is 1. The lowest BCUT2D eigenvalue weighted by Crippen LogP contribution is -2.44. The van der Waals surface area contributed by atoms with Gasteiger partial charge in [0.2, 0.25) is 0 Å². The standard InChI is InChI=1S/C13H20N2S/c1-9-6-5-7-11-13(9)15(4)10(2)12(16-11)8-14-3/h5-7,10,12,14H,8H2,1-4H3. The molecule has 0 spiro atoms. The molecule has 0 amide bonds. The van der Waals surface area contributed by atoms with Crippen LogP contribution in [0.25, 0.3) is 0 Å². The Hall–Kier alpha value is -0.670. The SMILES string of the molecule is CNCC1Sc2cccc(C)c2N(C)C1C. The Kier molecular flexibility index (Phi) is 3.45.